The number of nitrogens with one attached hydrogen (secondary N) is 1. The highest BCUT2D eigenvalue weighted by molar-refractivity contribution is 8.00. The van der Waals surface area contributed by atoms with Crippen LogP contribution < -0.4 is 5.32 Å². The average molecular weight is 400 g/mol. The van der Waals surface area contributed by atoms with Crippen molar-refractivity contribution in [1.29, 1.82) is 0 Å². The summed E-state index contributed by atoms with van der Waals surface area (Å²) in [6, 6.07) is 13.8. The zero-order chi connectivity index (χ0) is 20.1. The number of hydrogen-bond donors (Lipinski definition) is 1. The number of benzene rings is 2. The summed E-state index contributed by atoms with van der Waals surface area (Å²) in [4.78, 5) is 27.9. The number of nitro groups is 1. The van der Waals surface area contributed by atoms with E-state index in [1.807, 2.05) is 28.8 Å². The molecule has 1 amide bonds. The molecule has 1 heterocycles. The summed E-state index contributed by atoms with van der Waals surface area (Å²) in [5.74, 6) is -0.329. The summed E-state index contributed by atoms with van der Waals surface area (Å²) in [5, 5.41) is 14.0. The molecule has 8 nitrogen and oxygen atoms in total. The van der Waals surface area contributed by atoms with Crippen LogP contribution in [-0.4, -0.2) is 39.3 Å². The summed E-state index contributed by atoms with van der Waals surface area (Å²) in [6.45, 7) is 2.87. The van der Waals surface area contributed by atoms with E-state index in [-0.39, 0.29) is 17.3 Å². The molecular weight excluding hydrogens is 380 g/mol. The molecule has 0 bridgehead atoms. The van der Waals surface area contributed by atoms with Gasteiger partial charge in [-0.2, -0.15) is 0 Å². The molecular formula is C19H20N4O4S. The fraction of sp³-hybridized carbons (Fsp3) is 0.263. The first-order valence-electron chi connectivity index (χ1n) is 8.66. The lowest BCUT2D eigenvalue weighted by molar-refractivity contribution is -0.383. The number of ether oxygens (including phenoxy) is 1. The van der Waals surface area contributed by atoms with Gasteiger partial charge in [-0.05, 0) is 25.1 Å². The summed E-state index contributed by atoms with van der Waals surface area (Å²) in [6.07, 6.45) is 0. The van der Waals surface area contributed by atoms with Crippen molar-refractivity contribution in [1.82, 2.24) is 9.55 Å². The minimum Gasteiger partial charge on any atom is -0.383 e. The molecule has 9 heteroatoms. The van der Waals surface area contributed by atoms with Crippen molar-refractivity contribution in [3.8, 4) is 0 Å². The van der Waals surface area contributed by atoms with Crippen LogP contribution in [0.5, 0.6) is 0 Å². The zero-order valence-electron chi connectivity index (χ0n) is 15.5. The zero-order valence-corrected chi connectivity index (χ0v) is 16.3. The number of nitrogens with zero attached hydrogens (tertiary/aromatic N) is 3. The molecule has 1 N–H and O–H groups in total. The summed E-state index contributed by atoms with van der Waals surface area (Å²) in [5.41, 5.74) is 1.85. The highest BCUT2D eigenvalue weighted by Crippen LogP contribution is 2.29. The van der Waals surface area contributed by atoms with Crippen LogP contribution in [0, 0.1) is 10.1 Å². The highest BCUT2D eigenvalue weighted by atomic mass is 32.2. The van der Waals surface area contributed by atoms with Gasteiger partial charge in [0.15, 0.2) is 5.16 Å². The second-order valence-electron chi connectivity index (χ2n) is 6.05. The number of thioether (sulfide) groups is 1. The molecule has 0 saturated heterocycles. The van der Waals surface area contributed by atoms with Gasteiger partial charge in [-0.3, -0.25) is 14.9 Å². The van der Waals surface area contributed by atoms with Crippen LogP contribution in [0.4, 0.5) is 11.4 Å². The number of carbonyl (C=O) groups is 1. The maximum Gasteiger partial charge on any atom is 0.292 e. The first kappa shape index (κ1) is 19.8. The summed E-state index contributed by atoms with van der Waals surface area (Å²) >= 11 is 1.30. The number of imidazole rings is 1. The number of fused-ring (bicyclic) bond motifs is 1. The maximum atomic E-state index is 12.6. The molecule has 0 saturated carbocycles. The van der Waals surface area contributed by atoms with Crippen LogP contribution >= 0.6 is 11.8 Å². The van der Waals surface area contributed by atoms with E-state index in [9.17, 15) is 14.9 Å². The van der Waals surface area contributed by atoms with Gasteiger partial charge in [-0.1, -0.05) is 36.0 Å². The Morgan fingerprint density at radius 1 is 1.29 bits per heavy atom. The third-order valence-electron chi connectivity index (χ3n) is 4.15. The lowest BCUT2D eigenvalue weighted by Gasteiger charge is -2.13. The van der Waals surface area contributed by atoms with Gasteiger partial charge in [-0.15, -0.1) is 0 Å². The van der Waals surface area contributed by atoms with Crippen LogP contribution in [0.3, 0.4) is 0 Å². The van der Waals surface area contributed by atoms with Crippen molar-refractivity contribution in [2.24, 2.45) is 0 Å². The van der Waals surface area contributed by atoms with Crippen LogP contribution in [0.1, 0.15) is 6.92 Å². The quantitative estimate of drug-likeness (QED) is 0.352. The van der Waals surface area contributed by atoms with Gasteiger partial charge < -0.3 is 14.6 Å². The fourth-order valence-corrected chi connectivity index (χ4v) is 3.68. The Labute approximate surface area is 166 Å². The number of nitro benzene ring substituents is 1. The maximum absolute atomic E-state index is 12.6. The summed E-state index contributed by atoms with van der Waals surface area (Å²) < 4.78 is 7.20. The number of methoxy groups -OCH3 is 1. The van der Waals surface area contributed by atoms with Crippen molar-refractivity contribution >= 4 is 40.1 Å². The van der Waals surface area contributed by atoms with E-state index < -0.39 is 10.2 Å². The Balaban J connectivity index is 1.80. The lowest BCUT2D eigenvalue weighted by Crippen LogP contribution is -2.23. The number of carbonyl (C=O) groups excluding carboxylic acids is 1. The van der Waals surface area contributed by atoms with Crippen LogP contribution in [0.25, 0.3) is 11.0 Å². The normalized spacial score (nSPS) is 12.1. The number of aromatic nitrogens is 2. The Morgan fingerprint density at radius 3 is 2.75 bits per heavy atom. The van der Waals surface area contributed by atoms with Crippen LogP contribution in [0.15, 0.2) is 53.7 Å². The third-order valence-corrected chi connectivity index (χ3v) is 5.24. The van der Waals surface area contributed by atoms with E-state index in [2.05, 4.69) is 10.3 Å². The van der Waals surface area contributed by atoms with E-state index in [1.165, 1.54) is 23.9 Å². The molecule has 0 radical (unpaired) electrons. The number of para-hydroxylation sites is 4. The Bertz CT molecular complexity index is 1000. The van der Waals surface area contributed by atoms with Crippen molar-refractivity contribution in [2.75, 3.05) is 19.0 Å². The molecule has 1 atom stereocenters. The largest absolute Gasteiger partial charge is 0.383 e. The number of hydrogen-bond acceptors (Lipinski definition) is 6. The second-order valence-corrected chi connectivity index (χ2v) is 7.36. The van der Waals surface area contributed by atoms with Crippen molar-refractivity contribution in [3.63, 3.8) is 0 Å². The van der Waals surface area contributed by atoms with E-state index in [4.69, 9.17) is 4.74 Å². The van der Waals surface area contributed by atoms with E-state index in [0.717, 1.165) is 11.0 Å². The van der Waals surface area contributed by atoms with Gasteiger partial charge in [0.1, 0.15) is 5.69 Å². The molecule has 3 rings (SSSR count). The minimum atomic E-state index is -0.516. The molecule has 0 unspecified atom stereocenters. The van der Waals surface area contributed by atoms with Crippen molar-refractivity contribution in [3.05, 3.63) is 58.6 Å². The molecule has 1 aromatic heterocycles. The van der Waals surface area contributed by atoms with Gasteiger partial charge in [-0.25, -0.2) is 4.98 Å². The Hall–Kier alpha value is -2.91. The molecule has 0 aliphatic carbocycles. The fourth-order valence-electron chi connectivity index (χ4n) is 2.73. The average Bonchev–Trinajstić information content (AvgIpc) is 3.03. The van der Waals surface area contributed by atoms with Crippen molar-refractivity contribution in [2.45, 2.75) is 23.9 Å². The predicted octanol–water partition coefficient (Wildman–Crippen LogP) is 3.71. The Kier molecular flexibility index (Phi) is 6.27. The first-order valence-corrected chi connectivity index (χ1v) is 9.54. The molecule has 28 heavy (non-hydrogen) atoms. The Morgan fingerprint density at radius 2 is 2.00 bits per heavy atom. The molecule has 146 valence electrons. The molecule has 0 spiro atoms. The minimum absolute atomic E-state index is 0.139. The van der Waals surface area contributed by atoms with E-state index in [0.29, 0.717) is 18.3 Å². The molecule has 0 fully saturated rings. The monoisotopic (exact) mass is 400 g/mol. The predicted molar refractivity (Wildman–Crippen MR) is 109 cm³/mol. The second kappa shape index (κ2) is 8.85. The first-order chi connectivity index (χ1) is 13.5. The topological polar surface area (TPSA) is 99.3 Å². The lowest BCUT2D eigenvalue weighted by atomic mass is 10.2. The molecule has 0 aliphatic rings. The standard InChI is InChI=1S/C19H20N4O4S/c1-13(18(24)20-15-8-4-6-10-17(15)23(25)26)28-19-21-14-7-3-5-9-16(14)22(19)11-12-27-2/h3-10,13H,11-12H2,1-2H3,(H,20,24)/t13-/m0/s1. The van der Waals surface area contributed by atoms with Crippen LogP contribution in [-0.2, 0) is 16.1 Å². The van der Waals surface area contributed by atoms with Crippen LogP contribution in [0.2, 0.25) is 0 Å². The summed E-state index contributed by atoms with van der Waals surface area (Å²) in [7, 11) is 1.63. The SMILES string of the molecule is COCCn1c(S[C@@H](C)C(=O)Nc2ccccc2[N+](=O)[O-])nc2ccccc21. The molecule has 2 aromatic carbocycles. The number of rotatable bonds is 8. The van der Waals surface area contributed by atoms with E-state index >= 15 is 0 Å². The van der Waals surface area contributed by atoms with Crippen molar-refractivity contribution < 1.29 is 14.5 Å². The van der Waals surface area contributed by atoms with Gasteiger partial charge in [0.2, 0.25) is 5.91 Å². The van der Waals surface area contributed by atoms with Gasteiger partial charge >= 0.3 is 0 Å². The smallest absolute Gasteiger partial charge is 0.292 e. The number of anilines is 1. The number of amides is 1. The van der Waals surface area contributed by atoms with Gasteiger partial charge in [0.25, 0.3) is 5.69 Å². The third kappa shape index (κ3) is 4.32. The highest BCUT2D eigenvalue weighted by Gasteiger charge is 2.22. The van der Waals surface area contributed by atoms with Gasteiger partial charge in [0, 0.05) is 19.7 Å². The molecule has 0 aliphatic heterocycles. The molecule has 3 aromatic rings. The van der Waals surface area contributed by atoms with Gasteiger partial charge in [0.05, 0.1) is 27.8 Å². The van der Waals surface area contributed by atoms with E-state index in [1.54, 1.807) is 26.2 Å².